The van der Waals surface area contributed by atoms with E-state index in [0.717, 1.165) is 36.7 Å². The largest absolute Gasteiger partial charge is 0.374 e. The number of morpholine rings is 1. The van der Waals surface area contributed by atoms with E-state index in [0.29, 0.717) is 6.54 Å². The number of nitrogens with two attached hydrogens (primary N) is 1. The molecule has 19 heavy (non-hydrogen) atoms. The first-order valence-electron chi connectivity index (χ1n) is 6.48. The molecule has 1 unspecified atom stereocenters. The van der Waals surface area contributed by atoms with Crippen LogP contribution in [0.4, 0.5) is 0 Å². The molecule has 1 aliphatic rings. The summed E-state index contributed by atoms with van der Waals surface area (Å²) in [6, 6.07) is 8.29. The van der Waals surface area contributed by atoms with E-state index in [2.05, 4.69) is 23.1 Å². The number of halogens is 1. The number of thiophene rings is 1. The molecule has 2 N–H and O–H groups in total. The van der Waals surface area contributed by atoms with Gasteiger partial charge in [-0.05, 0) is 6.07 Å². The van der Waals surface area contributed by atoms with Crippen molar-refractivity contribution in [2.24, 2.45) is 5.73 Å². The highest BCUT2D eigenvalue weighted by Gasteiger charge is 2.21. The molecule has 3 rings (SSSR count). The van der Waals surface area contributed by atoms with Crippen LogP contribution >= 0.6 is 22.9 Å². The molecular weight excluding hydrogens is 280 g/mol. The molecule has 102 valence electrons. The highest BCUT2D eigenvalue weighted by atomic mass is 35.5. The molecule has 1 aliphatic heterocycles. The van der Waals surface area contributed by atoms with Gasteiger partial charge in [0.2, 0.25) is 0 Å². The van der Waals surface area contributed by atoms with E-state index >= 15 is 0 Å². The Kier molecular flexibility index (Phi) is 4.05. The summed E-state index contributed by atoms with van der Waals surface area (Å²) < 4.78 is 6.84. The molecule has 0 radical (unpaired) electrons. The molecule has 2 heterocycles. The van der Waals surface area contributed by atoms with E-state index in [4.69, 9.17) is 22.1 Å². The van der Waals surface area contributed by atoms with Gasteiger partial charge < -0.3 is 10.5 Å². The minimum Gasteiger partial charge on any atom is -0.374 e. The van der Waals surface area contributed by atoms with Crippen molar-refractivity contribution in [1.29, 1.82) is 0 Å². The molecule has 0 bridgehead atoms. The predicted molar refractivity (Wildman–Crippen MR) is 80.9 cm³/mol. The molecule has 1 fully saturated rings. The molecule has 0 spiro atoms. The molecule has 0 amide bonds. The quantitative estimate of drug-likeness (QED) is 0.946. The van der Waals surface area contributed by atoms with Gasteiger partial charge in [-0.3, -0.25) is 4.90 Å². The van der Waals surface area contributed by atoms with Crippen LogP contribution in [0.5, 0.6) is 0 Å². The summed E-state index contributed by atoms with van der Waals surface area (Å²) in [5.41, 5.74) is 5.67. The van der Waals surface area contributed by atoms with Crippen LogP contribution in [0.25, 0.3) is 10.1 Å². The lowest BCUT2D eigenvalue weighted by atomic mass is 10.2. The lowest BCUT2D eigenvalue weighted by Gasteiger charge is -2.32. The number of fused-ring (bicyclic) bond motifs is 1. The Bertz CT molecular complexity index is 572. The Balaban J connectivity index is 1.79. The van der Waals surface area contributed by atoms with Gasteiger partial charge in [0.05, 0.1) is 17.7 Å². The number of rotatable bonds is 3. The maximum Gasteiger partial charge on any atom is 0.0824 e. The predicted octanol–water partition coefficient (Wildman–Crippen LogP) is 2.71. The fraction of sp³-hybridized carbons (Fsp3) is 0.429. The number of nitrogens with zero attached hydrogens (tertiary/aromatic N) is 1. The van der Waals surface area contributed by atoms with Crippen molar-refractivity contribution in [3.8, 4) is 0 Å². The molecule has 1 aromatic heterocycles. The second kappa shape index (κ2) is 5.77. The number of hydrogen-bond donors (Lipinski definition) is 1. The molecule has 1 saturated heterocycles. The normalized spacial score (nSPS) is 21.1. The van der Waals surface area contributed by atoms with Crippen LogP contribution in [-0.4, -0.2) is 37.2 Å². The van der Waals surface area contributed by atoms with Gasteiger partial charge >= 0.3 is 0 Å². The average Bonchev–Trinajstić information content (AvgIpc) is 2.76. The summed E-state index contributed by atoms with van der Waals surface area (Å²) >= 11 is 8.26. The monoisotopic (exact) mass is 296 g/mol. The van der Waals surface area contributed by atoms with Crippen molar-refractivity contribution < 1.29 is 4.74 Å². The first kappa shape index (κ1) is 13.3. The van der Waals surface area contributed by atoms with Gasteiger partial charge in [0.15, 0.2) is 0 Å². The van der Waals surface area contributed by atoms with Crippen LogP contribution in [0, 0.1) is 0 Å². The molecule has 0 saturated carbocycles. The van der Waals surface area contributed by atoms with Gasteiger partial charge in [0.1, 0.15) is 0 Å². The van der Waals surface area contributed by atoms with Crippen molar-refractivity contribution in [2.45, 2.75) is 12.6 Å². The standard InChI is InChI=1S/C14H17ClN2OS/c15-14-11-3-1-2-4-12(11)19-13(14)9-17-5-6-18-10(7-16)8-17/h1-4,10H,5-9,16H2. The maximum atomic E-state index is 6.47. The van der Waals surface area contributed by atoms with E-state index in [1.165, 1.54) is 9.58 Å². The topological polar surface area (TPSA) is 38.5 Å². The summed E-state index contributed by atoms with van der Waals surface area (Å²) in [6.45, 7) is 4.06. The van der Waals surface area contributed by atoms with Crippen LogP contribution in [0.1, 0.15) is 4.88 Å². The SMILES string of the molecule is NCC1CN(Cc2sc3ccccc3c2Cl)CCO1. The Morgan fingerprint density at radius 3 is 3.05 bits per heavy atom. The van der Waals surface area contributed by atoms with Crippen molar-refractivity contribution in [1.82, 2.24) is 4.90 Å². The minimum absolute atomic E-state index is 0.155. The number of hydrogen-bond acceptors (Lipinski definition) is 4. The number of ether oxygens (including phenoxy) is 1. The van der Waals surface area contributed by atoms with Crippen molar-refractivity contribution in [3.05, 3.63) is 34.2 Å². The third-order valence-corrected chi connectivity index (χ3v) is 5.15. The molecule has 5 heteroatoms. The Morgan fingerprint density at radius 2 is 2.26 bits per heavy atom. The van der Waals surface area contributed by atoms with E-state index in [-0.39, 0.29) is 6.10 Å². The van der Waals surface area contributed by atoms with E-state index in [9.17, 15) is 0 Å². The second-order valence-electron chi connectivity index (χ2n) is 4.80. The summed E-state index contributed by atoms with van der Waals surface area (Å²) in [5, 5.41) is 2.06. The lowest BCUT2D eigenvalue weighted by Crippen LogP contribution is -2.45. The van der Waals surface area contributed by atoms with Crippen LogP contribution in [0.3, 0.4) is 0 Å². The fourth-order valence-electron chi connectivity index (χ4n) is 2.44. The zero-order valence-corrected chi connectivity index (χ0v) is 12.2. The van der Waals surface area contributed by atoms with Crippen LogP contribution in [0.2, 0.25) is 5.02 Å². The van der Waals surface area contributed by atoms with Gasteiger partial charge in [-0.15, -0.1) is 11.3 Å². The van der Waals surface area contributed by atoms with Crippen molar-refractivity contribution in [2.75, 3.05) is 26.2 Å². The summed E-state index contributed by atoms with van der Waals surface area (Å²) in [6.07, 6.45) is 0.155. The number of benzene rings is 1. The summed E-state index contributed by atoms with van der Waals surface area (Å²) in [7, 11) is 0. The van der Waals surface area contributed by atoms with Gasteiger partial charge in [-0.25, -0.2) is 0 Å². The Labute approximate surface area is 121 Å². The Hall–Kier alpha value is -0.650. The highest BCUT2D eigenvalue weighted by molar-refractivity contribution is 7.19. The Morgan fingerprint density at radius 1 is 1.42 bits per heavy atom. The van der Waals surface area contributed by atoms with E-state index < -0.39 is 0 Å². The molecule has 2 aromatic rings. The molecular formula is C14H17ClN2OS. The molecule has 3 nitrogen and oxygen atoms in total. The third-order valence-electron chi connectivity index (χ3n) is 3.45. The van der Waals surface area contributed by atoms with Gasteiger partial charge in [-0.2, -0.15) is 0 Å². The van der Waals surface area contributed by atoms with Gasteiger partial charge in [-0.1, -0.05) is 29.8 Å². The zero-order valence-electron chi connectivity index (χ0n) is 10.6. The lowest BCUT2D eigenvalue weighted by molar-refractivity contribution is -0.0257. The maximum absolute atomic E-state index is 6.47. The molecule has 1 atom stereocenters. The smallest absolute Gasteiger partial charge is 0.0824 e. The van der Waals surface area contributed by atoms with Crippen LogP contribution < -0.4 is 5.73 Å². The average molecular weight is 297 g/mol. The zero-order chi connectivity index (χ0) is 13.2. The van der Waals surface area contributed by atoms with E-state index in [1.54, 1.807) is 11.3 Å². The van der Waals surface area contributed by atoms with Gasteiger partial charge in [0.25, 0.3) is 0 Å². The van der Waals surface area contributed by atoms with Crippen LogP contribution in [-0.2, 0) is 11.3 Å². The van der Waals surface area contributed by atoms with Crippen molar-refractivity contribution in [3.63, 3.8) is 0 Å². The second-order valence-corrected chi connectivity index (χ2v) is 6.31. The van der Waals surface area contributed by atoms with Crippen molar-refractivity contribution >= 4 is 33.0 Å². The fourth-order valence-corrected chi connectivity index (χ4v) is 3.97. The van der Waals surface area contributed by atoms with Gasteiger partial charge in [0, 0.05) is 41.1 Å². The van der Waals surface area contributed by atoms with Crippen LogP contribution in [0.15, 0.2) is 24.3 Å². The first-order valence-corrected chi connectivity index (χ1v) is 7.67. The molecule has 0 aliphatic carbocycles. The molecule has 1 aromatic carbocycles. The highest BCUT2D eigenvalue weighted by Crippen LogP contribution is 2.36. The summed E-state index contributed by atoms with van der Waals surface area (Å²) in [4.78, 5) is 3.61. The third kappa shape index (κ3) is 2.78. The summed E-state index contributed by atoms with van der Waals surface area (Å²) in [5.74, 6) is 0. The van der Waals surface area contributed by atoms with E-state index in [1.807, 2.05) is 6.07 Å². The minimum atomic E-state index is 0.155. The first-order chi connectivity index (χ1) is 9.28.